The van der Waals surface area contributed by atoms with Crippen LogP contribution in [-0.4, -0.2) is 67.1 Å². The molecule has 0 radical (unpaired) electrons. The van der Waals surface area contributed by atoms with E-state index in [2.05, 4.69) is 47.2 Å². The molecule has 0 bridgehead atoms. The maximum atomic E-state index is 11.8. The summed E-state index contributed by atoms with van der Waals surface area (Å²) in [6, 6.07) is 11.9. The fourth-order valence-corrected chi connectivity index (χ4v) is 6.17. The molecular formula is C30H27N7O2S. The SMILES string of the molecule is CC(=O)c1ccc(-c2nccc3[nH]c(-c4[nH]nc5ncc(-c6cncc(OCCN7CCCC7)c6)cc45)cc23)s1. The Kier molecular flexibility index (Phi) is 6.33. The molecule has 0 amide bonds. The summed E-state index contributed by atoms with van der Waals surface area (Å²) in [5.74, 6) is 0.807. The van der Waals surface area contributed by atoms with Gasteiger partial charge in [-0.1, -0.05) is 0 Å². The highest BCUT2D eigenvalue weighted by atomic mass is 32.1. The van der Waals surface area contributed by atoms with Crippen LogP contribution < -0.4 is 4.74 Å². The van der Waals surface area contributed by atoms with Crippen LogP contribution in [-0.2, 0) is 0 Å². The van der Waals surface area contributed by atoms with E-state index in [9.17, 15) is 4.79 Å². The van der Waals surface area contributed by atoms with Crippen LogP contribution in [0.15, 0.2) is 61.2 Å². The molecule has 0 atom stereocenters. The van der Waals surface area contributed by atoms with Gasteiger partial charge in [0.2, 0.25) is 0 Å². The van der Waals surface area contributed by atoms with Gasteiger partial charge in [-0.15, -0.1) is 11.3 Å². The Hall–Kier alpha value is -4.41. The summed E-state index contributed by atoms with van der Waals surface area (Å²) >= 11 is 1.46. The molecular weight excluding hydrogens is 522 g/mol. The van der Waals surface area contributed by atoms with E-state index in [1.54, 1.807) is 19.3 Å². The molecule has 6 aromatic heterocycles. The van der Waals surface area contributed by atoms with Crippen molar-refractivity contribution in [2.45, 2.75) is 19.8 Å². The first-order valence-electron chi connectivity index (χ1n) is 13.4. The van der Waals surface area contributed by atoms with Crippen LogP contribution in [0.1, 0.15) is 29.4 Å². The lowest BCUT2D eigenvalue weighted by Crippen LogP contribution is -2.25. The summed E-state index contributed by atoms with van der Waals surface area (Å²) < 4.78 is 6.02. The molecule has 1 aliphatic heterocycles. The van der Waals surface area contributed by atoms with Crippen molar-refractivity contribution in [2.24, 2.45) is 0 Å². The number of rotatable bonds is 8. The van der Waals surface area contributed by atoms with E-state index in [0.29, 0.717) is 12.3 Å². The highest BCUT2D eigenvalue weighted by molar-refractivity contribution is 7.17. The molecule has 200 valence electrons. The first-order chi connectivity index (χ1) is 19.6. The number of hydrogen-bond acceptors (Lipinski definition) is 8. The van der Waals surface area contributed by atoms with Crippen molar-refractivity contribution < 1.29 is 9.53 Å². The Bertz CT molecular complexity index is 1850. The minimum absolute atomic E-state index is 0.0554. The summed E-state index contributed by atoms with van der Waals surface area (Å²) in [6.45, 7) is 5.47. The van der Waals surface area contributed by atoms with Crippen molar-refractivity contribution >= 4 is 39.1 Å². The third-order valence-corrected chi connectivity index (χ3v) is 8.53. The number of pyridine rings is 3. The number of aromatic amines is 2. The zero-order valence-corrected chi connectivity index (χ0v) is 22.8. The second-order valence-corrected chi connectivity index (χ2v) is 11.1. The van der Waals surface area contributed by atoms with Crippen molar-refractivity contribution in [1.82, 2.24) is 35.0 Å². The predicted octanol–water partition coefficient (Wildman–Crippen LogP) is 5.97. The number of ketones is 1. The number of nitrogens with zero attached hydrogens (tertiary/aromatic N) is 5. The molecule has 0 aromatic carbocycles. The zero-order valence-electron chi connectivity index (χ0n) is 22.0. The van der Waals surface area contributed by atoms with E-state index in [-0.39, 0.29) is 5.78 Å². The summed E-state index contributed by atoms with van der Waals surface area (Å²) in [7, 11) is 0. The maximum Gasteiger partial charge on any atom is 0.181 e. The summed E-state index contributed by atoms with van der Waals surface area (Å²) in [4.78, 5) is 33.1. The number of nitrogens with one attached hydrogen (secondary N) is 2. The first kappa shape index (κ1) is 24.6. The van der Waals surface area contributed by atoms with Gasteiger partial charge in [0.25, 0.3) is 0 Å². The Balaban J connectivity index is 1.20. The number of fused-ring (bicyclic) bond motifs is 2. The molecule has 7 heterocycles. The number of aromatic nitrogens is 6. The van der Waals surface area contributed by atoms with Crippen molar-refractivity contribution in [3.8, 4) is 38.8 Å². The number of hydrogen-bond donors (Lipinski definition) is 2. The molecule has 1 saturated heterocycles. The van der Waals surface area contributed by atoms with Crippen LogP contribution in [0, 0.1) is 0 Å². The predicted molar refractivity (Wildman–Crippen MR) is 157 cm³/mol. The molecule has 9 nitrogen and oxygen atoms in total. The van der Waals surface area contributed by atoms with Gasteiger partial charge in [-0.3, -0.25) is 24.8 Å². The van der Waals surface area contributed by atoms with Crippen LogP contribution in [0.4, 0.5) is 0 Å². The number of H-pyrrole nitrogens is 2. The Morgan fingerprint density at radius 3 is 2.75 bits per heavy atom. The van der Waals surface area contributed by atoms with Gasteiger partial charge in [-0.05, 0) is 69.3 Å². The summed E-state index contributed by atoms with van der Waals surface area (Å²) in [5.41, 5.74) is 6.01. The Morgan fingerprint density at radius 1 is 1.02 bits per heavy atom. The molecule has 0 aliphatic carbocycles. The van der Waals surface area contributed by atoms with Crippen LogP contribution in [0.3, 0.4) is 0 Å². The van der Waals surface area contributed by atoms with Gasteiger partial charge in [0, 0.05) is 52.6 Å². The van der Waals surface area contributed by atoms with Gasteiger partial charge in [-0.25, -0.2) is 4.98 Å². The van der Waals surface area contributed by atoms with E-state index in [1.807, 2.05) is 36.7 Å². The van der Waals surface area contributed by atoms with E-state index < -0.39 is 0 Å². The topological polar surface area (TPSA) is 113 Å². The third kappa shape index (κ3) is 4.65. The third-order valence-electron chi connectivity index (χ3n) is 7.33. The summed E-state index contributed by atoms with van der Waals surface area (Å²) in [6.07, 6.45) is 9.72. The smallest absolute Gasteiger partial charge is 0.181 e. The maximum absolute atomic E-state index is 11.8. The molecule has 1 fully saturated rings. The molecule has 0 saturated carbocycles. The first-order valence-corrected chi connectivity index (χ1v) is 14.2. The van der Waals surface area contributed by atoms with E-state index in [1.165, 1.54) is 24.2 Å². The van der Waals surface area contributed by atoms with Crippen molar-refractivity contribution in [1.29, 1.82) is 0 Å². The fourth-order valence-electron chi connectivity index (χ4n) is 5.26. The van der Waals surface area contributed by atoms with Crippen molar-refractivity contribution in [2.75, 3.05) is 26.2 Å². The molecule has 2 N–H and O–H groups in total. The highest BCUT2D eigenvalue weighted by Gasteiger charge is 2.17. The number of carbonyl (C=O) groups is 1. The van der Waals surface area contributed by atoms with Crippen LogP contribution in [0.5, 0.6) is 5.75 Å². The average molecular weight is 550 g/mol. The quantitative estimate of drug-likeness (QED) is 0.225. The average Bonchev–Trinajstić information content (AvgIpc) is 3.78. The van der Waals surface area contributed by atoms with Gasteiger partial charge >= 0.3 is 0 Å². The lowest BCUT2D eigenvalue weighted by atomic mass is 10.1. The molecule has 0 unspecified atom stereocenters. The van der Waals surface area contributed by atoms with Gasteiger partial charge in [0.15, 0.2) is 11.4 Å². The van der Waals surface area contributed by atoms with E-state index >= 15 is 0 Å². The number of thiophene rings is 1. The molecule has 1 aliphatic rings. The molecule has 40 heavy (non-hydrogen) atoms. The lowest BCUT2D eigenvalue weighted by Gasteiger charge is -2.15. The monoisotopic (exact) mass is 549 g/mol. The van der Waals surface area contributed by atoms with Gasteiger partial charge in [-0.2, -0.15) is 5.10 Å². The number of Topliss-reactive ketones (excluding diaryl/α,β-unsaturated/α-hetero) is 1. The Morgan fingerprint density at radius 2 is 1.90 bits per heavy atom. The van der Waals surface area contributed by atoms with Gasteiger partial charge in [0.1, 0.15) is 12.4 Å². The molecule has 6 aromatic rings. The normalized spacial score (nSPS) is 13.9. The minimum atomic E-state index is 0.0554. The Labute approximate surface area is 234 Å². The molecule has 7 rings (SSSR count). The fraction of sp³-hybridized carbons (Fsp3) is 0.233. The van der Waals surface area contributed by atoms with Crippen molar-refractivity contribution in [3.63, 3.8) is 0 Å². The zero-order chi connectivity index (χ0) is 27.1. The van der Waals surface area contributed by atoms with E-state index in [0.717, 1.165) is 79.6 Å². The molecule has 10 heteroatoms. The minimum Gasteiger partial charge on any atom is -0.491 e. The number of ether oxygens (including phenoxy) is 1. The van der Waals surface area contributed by atoms with Crippen LogP contribution in [0.25, 0.3) is 55.0 Å². The highest BCUT2D eigenvalue weighted by Crippen LogP contribution is 2.36. The summed E-state index contributed by atoms with van der Waals surface area (Å²) in [5, 5.41) is 9.48. The second kappa shape index (κ2) is 10.3. The standard InChI is InChI=1S/C30H27N7O2S/c1-18(38)26-4-5-27(40-26)29-22-14-25(34-24(22)6-7-32-29)28-23-13-20(16-33-30(23)36-35-28)19-12-21(17-31-15-19)39-11-10-37-8-2-3-9-37/h4-7,12-17,34H,2-3,8-11H2,1H3,(H,33,35,36). The van der Waals surface area contributed by atoms with Crippen molar-refractivity contribution in [3.05, 3.63) is 66.1 Å². The van der Waals surface area contributed by atoms with Crippen LogP contribution in [0.2, 0.25) is 0 Å². The van der Waals surface area contributed by atoms with Gasteiger partial charge < -0.3 is 9.72 Å². The lowest BCUT2D eigenvalue weighted by molar-refractivity contribution is 0.102. The largest absolute Gasteiger partial charge is 0.491 e. The van der Waals surface area contributed by atoms with E-state index in [4.69, 9.17) is 4.74 Å². The number of likely N-dealkylation sites (tertiary alicyclic amines) is 1. The second-order valence-electron chi connectivity index (χ2n) is 10.0. The number of carbonyl (C=O) groups excluding carboxylic acids is 1. The van der Waals surface area contributed by atoms with Gasteiger partial charge in [0.05, 0.1) is 33.0 Å². The molecule has 0 spiro atoms. The van der Waals surface area contributed by atoms with Crippen LogP contribution >= 0.6 is 11.3 Å².